The van der Waals surface area contributed by atoms with Crippen LogP contribution in [0, 0.1) is 5.92 Å². The average Bonchev–Trinajstić information content (AvgIpc) is 2.43. The number of rotatable bonds is 9. The standard InChI is InChI=1S/C17H28BrNO2/c1-6-7-13(4)11-21-17-15(18)8-14(9-16(17)20-5)10-19-12(2)3/h8-9,12-13,19H,6-7,10-11H2,1-5H3. The van der Waals surface area contributed by atoms with Crippen LogP contribution in [0.5, 0.6) is 11.5 Å². The van der Waals surface area contributed by atoms with Gasteiger partial charge in [0.1, 0.15) is 0 Å². The maximum Gasteiger partial charge on any atom is 0.175 e. The SMILES string of the molecule is CCCC(C)COc1c(Br)cc(CNC(C)C)cc1OC. The summed E-state index contributed by atoms with van der Waals surface area (Å²) in [5.74, 6) is 2.14. The monoisotopic (exact) mass is 357 g/mol. The molecule has 0 aliphatic heterocycles. The molecule has 0 aromatic heterocycles. The Hall–Kier alpha value is -0.740. The van der Waals surface area contributed by atoms with Gasteiger partial charge in [-0.15, -0.1) is 0 Å². The van der Waals surface area contributed by atoms with Crippen LogP contribution in [0.3, 0.4) is 0 Å². The number of halogens is 1. The van der Waals surface area contributed by atoms with Gasteiger partial charge in [-0.3, -0.25) is 0 Å². The Balaban J connectivity index is 2.79. The van der Waals surface area contributed by atoms with E-state index in [9.17, 15) is 0 Å². The van der Waals surface area contributed by atoms with Gasteiger partial charge in [-0.2, -0.15) is 0 Å². The van der Waals surface area contributed by atoms with Crippen LogP contribution in [0.1, 0.15) is 46.1 Å². The number of hydrogen-bond acceptors (Lipinski definition) is 3. The lowest BCUT2D eigenvalue weighted by atomic mass is 10.1. The number of hydrogen-bond donors (Lipinski definition) is 1. The van der Waals surface area contributed by atoms with Gasteiger partial charge in [-0.05, 0) is 46.0 Å². The van der Waals surface area contributed by atoms with E-state index in [0.29, 0.717) is 18.6 Å². The van der Waals surface area contributed by atoms with Crippen molar-refractivity contribution in [3.63, 3.8) is 0 Å². The van der Waals surface area contributed by atoms with Crippen LogP contribution in [0.15, 0.2) is 16.6 Å². The molecule has 1 rings (SSSR count). The molecule has 0 heterocycles. The van der Waals surface area contributed by atoms with E-state index < -0.39 is 0 Å². The van der Waals surface area contributed by atoms with Gasteiger partial charge in [0.05, 0.1) is 18.2 Å². The topological polar surface area (TPSA) is 30.5 Å². The Morgan fingerprint density at radius 3 is 2.52 bits per heavy atom. The third kappa shape index (κ3) is 6.27. The Morgan fingerprint density at radius 1 is 1.24 bits per heavy atom. The summed E-state index contributed by atoms with van der Waals surface area (Å²) < 4.78 is 12.4. The van der Waals surface area contributed by atoms with Crippen molar-refractivity contribution in [1.82, 2.24) is 5.32 Å². The third-order valence-corrected chi connectivity index (χ3v) is 3.89. The number of nitrogens with one attached hydrogen (secondary N) is 1. The first kappa shape index (κ1) is 18.3. The Kier molecular flexibility index (Phi) is 8.12. The summed E-state index contributed by atoms with van der Waals surface area (Å²) in [6.45, 7) is 10.2. The normalized spacial score (nSPS) is 12.5. The second-order valence-electron chi connectivity index (χ2n) is 5.85. The van der Waals surface area contributed by atoms with Crippen molar-refractivity contribution >= 4 is 15.9 Å². The zero-order chi connectivity index (χ0) is 15.8. The zero-order valence-corrected chi connectivity index (χ0v) is 15.4. The molecule has 21 heavy (non-hydrogen) atoms. The highest BCUT2D eigenvalue weighted by atomic mass is 79.9. The van der Waals surface area contributed by atoms with Crippen molar-refractivity contribution in [1.29, 1.82) is 0 Å². The molecule has 0 amide bonds. The van der Waals surface area contributed by atoms with Gasteiger partial charge in [-0.25, -0.2) is 0 Å². The molecule has 0 spiro atoms. The molecule has 0 saturated heterocycles. The highest BCUT2D eigenvalue weighted by Gasteiger charge is 2.13. The van der Waals surface area contributed by atoms with E-state index in [1.807, 2.05) is 6.07 Å². The predicted octanol–water partition coefficient (Wildman–Crippen LogP) is 4.77. The van der Waals surface area contributed by atoms with Gasteiger partial charge in [0.25, 0.3) is 0 Å². The predicted molar refractivity (Wildman–Crippen MR) is 92.2 cm³/mol. The molecule has 1 unspecified atom stereocenters. The van der Waals surface area contributed by atoms with Crippen LogP contribution in [0.2, 0.25) is 0 Å². The fraction of sp³-hybridized carbons (Fsp3) is 0.647. The molecule has 1 aromatic rings. The van der Waals surface area contributed by atoms with Gasteiger partial charge in [-0.1, -0.05) is 34.1 Å². The van der Waals surface area contributed by atoms with Crippen molar-refractivity contribution in [2.45, 2.75) is 53.1 Å². The maximum atomic E-state index is 5.96. The summed E-state index contributed by atoms with van der Waals surface area (Å²) in [6.07, 6.45) is 2.36. The molecule has 1 N–H and O–H groups in total. The minimum absolute atomic E-state index is 0.459. The molecule has 3 nitrogen and oxygen atoms in total. The minimum Gasteiger partial charge on any atom is -0.493 e. The summed E-state index contributed by atoms with van der Waals surface area (Å²) in [7, 11) is 1.68. The van der Waals surface area contributed by atoms with Crippen LogP contribution in [-0.2, 0) is 6.54 Å². The van der Waals surface area contributed by atoms with Crippen molar-refractivity contribution < 1.29 is 9.47 Å². The Labute approximate surface area is 137 Å². The van der Waals surface area contributed by atoms with Crippen LogP contribution in [0.4, 0.5) is 0 Å². The first-order chi connectivity index (χ1) is 9.97. The second kappa shape index (κ2) is 9.31. The summed E-state index contributed by atoms with van der Waals surface area (Å²) >= 11 is 3.60. The summed E-state index contributed by atoms with van der Waals surface area (Å²) in [4.78, 5) is 0. The second-order valence-corrected chi connectivity index (χ2v) is 6.70. The highest BCUT2D eigenvalue weighted by Crippen LogP contribution is 2.37. The van der Waals surface area contributed by atoms with E-state index in [0.717, 1.165) is 22.5 Å². The lowest BCUT2D eigenvalue weighted by Crippen LogP contribution is -2.21. The quantitative estimate of drug-likeness (QED) is 0.690. The van der Waals surface area contributed by atoms with Crippen molar-refractivity contribution in [3.8, 4) is 11.5 Å². The number of methoxy groups -OCH3 is 1. The largest absolute Gasteiger partial charge is 0.493 e. The van der Waals surface area contributed by atoms with Crippen LogP contribution >= 0.6 is 15.9 Å². The molecule has 0 fully saturated rings. The molecule has 0 radical (unpaired) electrons. The lowest BCUT2D eigenvalue weighted by molar-refractivity contribution is 0.239. The first-order valence-corrected chi connectivity index (χ1v) is 8.49. The van der Waals surface area contributed by atoms with Gasteiger partial charge in [0, 0.05) is 12.6 Å². The van der Waals surface area contributed by atoms with E-state index in [1.54, 1.807) is 7.11 Å². The highest BCUT2D eigenvalue weighted by molar-refractivity contribution is 9.10. The van der Waals surface area contributed by atoms with E-state index in [1.165, 1.54) is 18.4 Å². The summed E-state index contributed by atoms with van der Waals surface area (Å²) in [6, 6.07) is 4.60. The lowest BCUT2D eigenvalue weighted by Gasteiger charge is -2.17. The molecule has 120 valence electrons. The molecule has 4 heteroatoms. The zero-order valence-electron chi connectivity index (χ0n) is 13.8. The molecule has 1 atom stereocenters. The minimum atomic E-state index is 0.459. The Bertz CT molecular complexity index is 435. The number of benzene rings is 1. The van der Waals surface area contributed by atoms with Gasteiger partial charge >= 0.3 is 0 Å². The van der Waals surface area contributed by atoms with Gasteiger partial charge in [0.15, 0.2) is 11.5 Å². The van der Waals surface area contributed by atoms with Crippen molar-refractivity contribution in [2.75, 3.05) is 13.7 Å². The molecule has 1 aromatic carbocycles. The molecule has 0 bridgehead atoms. The van der Waals surface area contributed by atoms with Crippen LogP contribution in [0.25, 0.3) is 0 Å². The van der Waals surface area contributed by atoms with E-state index in [4.69, 9.17) is 9.47 Å². The van der Waals surface area contributed by atoms with E-state index in [-0.39, 0.29) is 0 Å². The summed E-state index contributed by atoms with van der Waals surface area (Å²) in [5, 5.41) is 3.41. The van der Waals surface area contributed by atoms with E-state index in [2.05, 4.69) is 55.0 Å². The molecular formula is C17H28BrNO2. The maximum absolute atomic E-state index is 5.96. The van der Waals surface area contributed by atoms with E-state index >= 15 is 0 Å². The summed E-state index contributed by atoms with van der Waals surface area (Å²) in [5.41, 5.74) is 1.18. The smallest absolute Gasteiger partial charge is 0.175 e. The molecule has 0 aliphatic rings. The van der Waals surface area contributed by atoms with Crippen molar-refractivity contribution in [2.24, 2.45) is 5.92 Å². The molecular weight excluding hydrogens is 330 g/mol. The fourth-order valence-electron chi connectivity index (χ4n) is 2.14. The first-order valence-electron chi connectivity index (χ1n) is 7.70. The number of ether oxygens (including phenoxy) is 2. The Morgan fingerprint density at radius 2 is 1.95 bits per heavy atom. The molecule has 0 saturated carbocycles. The van der Waals surface area contributed by atoms with Crippen molar-refractivity contribution in [3.05, 3.63) is 22.2 Å². The van der Waals surface area contributed by atoms with Crippen LogP contribution < -0.4 is 14.8 Å². The van der Waals surface area contributed by atoms with Gasteiger partial charge < -0.3 is 14.8 Å². The fourth-order valence-corrected chi connectivity index (χ4v) is 2.74. The van der Waals surface area contributed by atoms with Gasteiger partial charge in [0.2, 0.25) is 0 Å². The average molecular weight is 358 g/mol. The van der Waals surface area contributed by atoms with Crippen LogP contribution in [-0.4, -0.2) is 19.8 Å². The third-order valence-electron chi connectivity index (χ3n) is 3.30. The molecule has 0 aliphatic carbocycles.